The lowest BCUT2D eigenvalue weighted by molar-refractivity contribution is -0.408. The van der Waals surface area contributed by atoms with E-state index in [1.165, 1.54) is 0 Å². The van der Waals surface area contributed by atoms with Crippen LogP contribution in [0.1, 0.15) is 64.2 Å². The van der Waals surface area contributed by atoms with E-state index >= 15 is 0 Å². The first-order valence-electron chi connectivity index (χ1n) is 11.1. The summed E-state index contributed by atoms with van der Waals surface area (Å²) in [7, 11) is 0. The van der Waals surface area contributed by atoms with Crippen LogP contribution in [0, 0.1) is 0 Å². The van der Waals surface area contributed by atoms with Crippen LogP contribution in [0.2, 0.25) is 0 Å². The SMILES string of the molecule is OC1[C@@]2(CCCO2)[C@]2(CCCO2)C2(CCCO2)[C@]2(CCCO2)[C@@]12CCCO2. The fourth-order valence-electron chi connectivity index (χ4n) is 8.08. The van der Waals surface area contributed by atoms with Gasteiger partial charge in [0, 0.05) is 33.0 Å². The highest BCUT2D eigenvalue weighted by Gasteiger charge is 2.88. The molecule has 0 aromatic heterocycles. The Morgan fingerprint density at radius 3 is 1.19 bits per heavy atom. The summed E-state index contributed by atoms with van der Waals surface area (Å²) in [6.45, 7) is 3.46. The van der Waals surface area contributed by atoms with Crippen LogP contribution in [-0.4, -0.2) is 72.3 Å². The smallest absolute Gasteiger partial charge is 0.132 e. The largest absolute Gasteiger partial charge is 0.387 e. The van der Waals surface area contributed by atoms with Crippen molar-refractivity contribution in [1.82, 2.24) is 0 Å². The van der Waals surface area contributed by atoms with Gasteiger partial charge in [-0.2, -0.15) is 0 Å². The Kier molecular flexibility index (Phi) is 3.70. The van der Waals surface area contributed by atoms with E-state index in [0.29, 0.717) is 26.4 Å². The minimum atomic E-state index is -0.755. The standard InChI is InChI=1S/C21H32O6/c22-16-17(6-1-11-23-17)19(8-3-13-25-19)21(10-5-15-27-21)20(9-4-14-26-20)18(16)7-2-12-24-18/h16,22H,1-15H2/t16?,17-,18+,19+,20-,21?. The fraction of sp³-hybridized carbons (Fsp3) is 1.00. The molecule has 2 unspecified atom stereocenters. The molecular formula is C21H32O6. The van der Waals surface area contributed by atoms with Crippen molar-refractivity contribution in [3.05, 3.63) is 0 Å². The lowest BCUT2D eigenvalue weighted by Gasteiger charge is -2.70. The van der Waals surface area contributed by atoms with Crippen LogP contribution in [-0.2, 0) is 23.7 Å². The lowest BCUT2D eigenvalue weighted by atomic mass is 9.46. The quantitative estimate of drug-likeness (QED) is 0.694. The molecule has 5 heterocycles. The molecule has 5 spiro atoms. The van der Waals surface area contributed by atoms with Crippen molar-refractivity contribution in [2.24, 2.45) is 0 Å². The molecule has 6 fully saturated rings. The minimum absolute atomic E-state index is 0.596. The summed E-state index contributed by atoms with van der Waals surface area (Å²) in [6.07, 6.45) is 8.34. The van der Waals surface area contributed by atoms with Crippen LogP contribution in [0.15, 0.2) is 0 Å². The summed E-state index contributed by atoms with van der Waals surface area (Å²) in [6, 6.07) is 0. The highest BCUT2D eigenvalue weighted by Crippen LogP contribution is 2.70. The van der Waals surface area contributed by atoms with Crippen molar-refractivity contribution in [2.75, 3.05) is 33.0 Å². The summed E-state index contributed by atoms with van der Waals surface area (Å²) < 4.78 is 33.1. The number of ether oxygens (including phenoxy) is 5. The Morgan fingerprint density at radius 2 is 0.852 bits per heavy atom. The second-order valence-corrected chi connectivity index (χ2v) is 9.42. The van der Waals surface area contributed by atoms with Crippen LogP contribution in [0.3, 0.4) is 0 Å². The van der Waals surface area contributed by atoms with Gasteiger partial charge in [0.05, 0.1) is 0 Å². The molecule has 0 amide bonds. The van der Waals surface area contributed by atoms with Crippen molar-refractivity contribution < 1.29 is 28.8 Å². The van der Waals surface area contributed by atoms with E-state index in [2.05, 4.69) is 0 Å². The van der Waals surface area contributed by atoms with E-state index in [-0.39, 0.29) is 0 Å². The van der Waals surface area contributed by atoms with E-state index in [1.807, 2.05) is 0 Å². The lowest BCUT2D eigenvalue weighted by Crippen LogP contribution is -2.90. The Morgan fingerprint density at radius 1 is 0.481 bits per heavy atom. The molecule has 6 atom stereocenters. The zero-order valence-corrected chi connectivity index (χ0v) is 16.2. The summed E-state index contributed by atoms with van der Waals surface area (Å²) >= 11 is 0. The van der Waals surface area contributed by atoms with E-state index in [0.717, 1.165) is 70.8 Å². The van der Waals surface area contributed by atoms with Gasteiger partial charge in [-0.05, 0) is 64.2 Å². The van der Waals surface area contributed by atoms with E-state index in [1.54, 1.807) is 0 Å². The second kappa shape index (κ2) is 5.67. The van der Waals surface area contributed by atoms with Gasteiger partial charge in [-0.15, -0.1) is 0 Å². The molecule has 0 bridgehead atoms. The van der Waals surface area contributed by atoms with Gasteiger partial charge in [-0.3, -0.25) is 0 Å². The molecule has 0 aromatic rings. The molecule has 6 nitrogen and oxygen atoms in total. The minimum Gasteiger partial charge on any atom is -0.387 e. The average molecular weight is 380 g/mol. The Labute approximate surface area is 160 Å². The molecule has 5 saturated heterocycles. The molecule has 6 heteroatoms. The monoisotopic (exact) mass is 380 g/mol. The topological polar surface area (TPSA) is 66.4 Å². The number of hydrogen-bond acceptors (Lipinski definition) is 6. The fourth-order valence-corrected chi connectivity index (χ4v) is 8.08. The predicted molar refractivity (Wildman–Crippen MR) is 95.6 cm³/mol. The van der Waals surface area contributed by atoms with Crippen molar-refractivity contribution >= 4 is 0 Å². The first-order valence-corrected chi connectivity index (χ1v) is 11.1. The van der Waals surface area contributed by atoms with E-state index in [9.17, 15) is 5.11 Å². The van der Waals surface area contributed by atoms with Gasteiger partial charge in [0.1, 0.15) is 34.1 Å². The van der Waals surface area contributed by atoms with Crippen LogP contribution < -0.4 is 0 Å². The van der Waals surface area contributed by atoms with Crippen LogP contribution in [0.25, 0.3) is 0 Å². The summed E-state index contributed by atoms with van der Waals surface area (Å²) in [5.74, 6) is 0. The maximum absolute atomic E-state index is 12.0. The van der Waals surface area contributed by atoms with Crippen LogP contribution in [0.5, 0.6) is 0 Å². The zero-order chi connectivity index (χ0) is 18.2. The van der Waals surface area contributed by atoms with Crippen molar-refractivity contribution in [3.63, 3.8) is 0 Å². The third-order valence-electron chi connectivity index (χ3n) is 8.72. The molecule has 6 aliphatic rings. The molecular weight excluding hydrogens is 348 g/mol. The van der Waals surface area contributed by atoms with Gasteiger partial charge in [0.15, 0.2) is 0 Å². The number of hydrogen-bond donors (Lipinski definition) is 1. The van der Waals surface area contributed by atoms with E-state index in [4.69, 9.17) is 23.7 Å². The molecule has 6 rings (SSSR count). The zero-order valence-electron chi connectivity index (χ0n) is 16.2. The second-order valence-electron chi connectivity index (χ2n) is 9.42. The number of aliphatic hydroxyl groups is 1. The Hall–Kier alpha value is -0.240. The third kappa shape index (κ3) is 1.69. The molecule has 5 aliphatic heterocycles. The van der Waals surface area contributed by atoms with E-state index < -0.39 is 34.1 Å². The van der Waals surface area contributed by atoms with Gasteiger partial charge in [0.2, 0.25) is 0 Å². The summed E-state index contributed by atoms with van der Waals surface area (Å²) in [5.41, 5.74) is -3.40. The highest BCUT2D eigenvalue weighted by atomic mass is 16.6. The van der Waals surface area contributed by atoms with Crippen LogP contribution in [0.4, 0.5) is 0 Å². The summed E-state index contributed by atoms with van der Waals surface area (Å²) in [4.78, 5) is 0. The maximum Gasteiger partial charge on any atom is 0.132 e. The molecule has 1 saturated carbocycles. The molecule has 152 valence electrons. The highest BCUT2D eigenvalue weighted by molar-refractivity contribution is 5.38. The van der Waals surface area contributed by atoms with Gasteiger partial charge >= 0.3 is 0 Å². The van der Waals surface area contributed by atoms with Crippen molar-refractivity contribution in [1.29, 1.82) is 0 Å². The molecule has 1 N–H and O–H groups in total. The number of aliphatic hydroxyl groups excluding tert-OH is 1. The van der Waals surface area contributed by atoms with Gasteiger partial charge in [0.25, 0.3) is 0 Å². The molecule has 0 aromatic carbocycles. The third-order valence-corrected chi connectivity index (χ3v) is 8.72. The van der Waals surface area contributed by atoms with Gasteiger partial charge in [-0.25, -0.2) is 0 Å². The molecule has 1 aliphatic carbocycles. The first kappa shape index (κ1) is 17.6. The number of fused-ring (bicyclic) bond motifs is 4. The number of rotatable bonds is 0. The maximum atomic E-state index is 12.0. The van der Waals surface area contributed by atoms with Gasteiger partial charge < -0.3 is 28.8 Å². The first-order chi connectivity index (χ1) is 13.2. The van der Waals surface area contributed by atoms with Crippen molar-refractivity contribution in [2.45, 2.75) is 98.3 Å². The molecule has 27 heavy (non-hydrogen) atoms. The Balaban J connectivity index is 1.65. The predicted octanol–water partition coefficient (Wildman–Crippen LogP) is 2.11. The molecule has 0 radical (unpaired) electrons. The normalized spacial score (nSPS) is 57.4. The summed E-state index contributed by atoms with van der Waals surface area (Å²) in [5, 5.41) is 12.0. The van der Waals surface area contributed by atoms with Crippen molar-refractivity contribution in [3.8, 4) is 0 Å². The van der Waals surface area contributed by atoms with Crippen LogP contribution >= 0.6 is 0 Å². The average Bonchev–Trinajstić information content (AvgIpc) is 3.50. The Bertz CT molecular complexity index is 542. The van der Waals surface area contributed by atoms with Gasteiger partial charge in [-0.1, -0.05) is 0 Å².